The second-order valence-corrected chi connectivity index (χ2v) is 6.11. The van der Waals surface area contributed by atoms with E-state index in [1.807, 2.05) is 32.0 Å². The number of benzene rings is 1. The maximum atomic E-state index is 11.7. The fourth-order valence-electron chi connectivity index (χ4n) is 1.77. The Labute approximate surface area is 126 Å². The van der Waals surface area contributed by atoms with Crippen LogP contribution in [0.4, 0.5) is 4.79 Å². The third kappa shape index (κ3) is 6.49. The monoisotopic (exact) mass is 295 g/mol. The quantitative estimate of drug-likeness (QED) is 0.876. The molecule has 21 heavy (non-hydrogen) atoms. The normalized spacial score (nSPS) is 12.7. The molecule has 1 atom stereocenters. The van der Waals surface area contributed by atoms with E-state index in [0.29, 0.717) is 0 Å². The van der Waals surface area contributed by atoms with Gasteiger partial charge in [-0.25, -0.2) is 4.79 Å². The minimum Gasteiger partial charge on any atom is -0.491 e. The Bertz CT molecular complexity index is 480. The largest absolute Gasteiger partial charge is 0.491 e. The van der Waals surface area contributed by atoms with Gasteiger partial charge in [0.2, 0.25) is 0 Å². The van der Waals surface area contributed by atoms with E-state index < -0.39 is 17.7 Å². The molecule has 0 bridgehead atoms. The van der Waals surface area contributed by atoms with Crippen molar-refractivity contribution in [2.75, 3.05) is 13.2 Å². The van der Waals surface area contributed by atoms with Gasteiger partial charge in [0.15, 0.2) is 0 Å². The van der Waals surface area contributed by atoms with Crippen LogP contribution in [0.3, 0.4) is 0 Å². The van der Waals surface area contributed by atoms with E-state index in [1.54, 1.807) is 20.8 Å². The molecule has 5 heteroatoms. The Morgan fingerprint density at radius 2 is 2.00 bits per heavy atom. The molecule has 1 unspecified atom stereocenters. The van der Waals surface area contributed by atoms with E-state index in [1.165, 1.54) is 0 Å². The first-order chi connectivity index (χ1) is 9.71. The second kappa shape index (κ2) is 7.31. The van der Waals surface area contributed by atoms with Gasteiger partial charge in [0, 0.05) is 0 Å². The van der Waals surface area contributed by atoms with Gasteiger partial charge in [-0.15, -0.1) is 0 Å². The minimum atomic E-state index is -0.571. The van der Waals surface area contributed by atoms with E-state index in [9.17, 15) is 9.90 Å². The molecule has 0 aliphatic carbocycles. The number of amides is 1. The molecular formula is C16H25NO4. The third-order valence-corrected chi connectivity index (χ3v) is 2.71. The summed E-state index contributed by atoms with van der Waals surface area (Å²) in [6, 6.07) is 5.34. The third-order valence-electron chi connectivity index (χ3n) is 2.71. The Kier molecular flexibility index (Phi) is 6.03. The van der Waals surface area contributed by atoms with Crippen LogP contribution in [0.1, 0.15) is 31.9 Å². The number of aliphatic hydroxyl groups excluding tert-OH is 1. The summed E-state index contributed by atoms with van der Waals surface area (Å²) in [4.78, 5) is 11.7. The molecule has 0 radical (unpaired) electrons. The minimum absolute atomic E-state index is 0.180. The van der Waals surface area contributed by atoms with Crippen LogP contribution in [0.5, 0.6) is 5.75 Å². The van der Waals surface area contributed by atoms with Crippen molar-refractivity contribution in [3.8, 4) is 5.75 Å². The van der Waals surface area contributed by atoms with Crippen molar-refractivity contribution in [2.24, 2.45) is 0 Å². The number of nitrogens with one attached hydrogen (secondary N) is 1. The van der Waals surface area contributed by atoms with Gasteiger partial charge in [-0.1, -0.05) is 17.7 Å². The average molecular weight is 295 g/mol. The highest BCUT2D eigenvalue weighted by atomic mass is 16.6. The fraction of sp³-hybridized carbons (Fsp3) is 0.562. The van der Waals surface area contributed by atoms with Gasteiger partial charge in [0.1, 0.15) is 18.0 Å². The Morgan fingerprint density at radius 1 is 1.33 bits per heavy atom. The summed E-state index contributed by atoms with van der Waals surface area (Å²) >= 11 is 0. The number of aliphatic hydroxyl groups is 1. The van der Waals surface area contributed by atoms with E-state index >= 15 is 0 Å². The zero-order valence-electron chi connectivity index (χ0n) is 13.4. The Hall–Kier alpha value is -1.75. The molecule has 118 valence electrons. The van der Waals surface area contributed by atoms with Crippen molar-refractivity contribution in [3.05, 3.63) is 29.3 Å². The SMILES string of the molecule is Cc1ccc(OCC(CO)NC(=O)OC(C)(C)C)c(C)c1. The Balaban J connectivity index is 2.53. The molecule has 1 amide bonds. The smallest absolute Gasteiger partial charge is 0.408 e. The predicted octanol–water partition coefficient (Wildman–Crippen LogP) is 2.57. The van der Waals surface area contributed by atoms with Crippen LogP contribution in [-0.4, -0.2) is 36.1 Å². The standard InChI is InChI=1S/C16H25NO4/c1-11-6-7-14(12(2)8-11)20-10-13(9-18)17-15(19)21-16(3,4)5/h6-8,13,18H,9-10H2,1-5H3,(H,17,19). The zero-order valence-corrected chi connectivity index (χ0v) is 13.4. The number of ether oxygens (including phenoxy) is 2. The van der Waals surface area contributed by atoms with Gasteiger partial charge >= 0.3 is 6.09 Å². The summed E-state index contributed by atoms with van der Waals surface area (Å²) in [6.45, 7) is 9.28. The number of carbonyl (C=O) groups is 1. The molecule has 2 N–H and O–H groups in total. The van der Waals surface area contributed by atoms with Crippen LogP contribution in [0.15, 0.2) is 18.2 Å². The number of hydrogen-bond acceptors (Lipinski definition) is 4. The maximum Gasteiger partial charge on any atom is 0.408 e. The van der Waals surface area contributed by atoms with Crippen LogP contribution < -0.4 is 10.1 Å². The molecule has 0 spiro atoms. The highest BCUT2D eigenvalue weighted by Crippen LogP contribution is 2.18. The highest BCUT2D eigenvalue weighted by Gasteiger charge is 2.19. The van der Waals surface area contributed by atoms with E-state index in [2.05, 4.69) is 5.32 Å². The van der Waals surface area contributed by atoms with Gasteiger partial charge in [-0.3, -0.25) is 0 Å². The lowest BCUT2D eigenvalue weighted by atomic mass is 10.1. The molecule has 1 rings (SSSR count). The molecule has 1 aromatic carbocycles. The summed E-state index contributed by atoms with van der Waals surface area (Å²) in [5.41, 5.74) is 1.60. The molecular weight excluding hydrogens is 270 g/mol. The molecule has 0 heterocycles. The van der Waals surface area contributed by atoms with Crippen LogP contribution in [-0.2, 0) is 4.74 Å². The highest BCUT2D eigenvalue weighted by molar-refractivity contribution is 5.68. The summed E-state index contributed by atoms with van der Waals surface area (Å²) in [5, 5.41) is 11.9. The van der Waals surface area contributed by atoms with Gasteiger partial charge in [-0.05, 0) is 46.2 Å². The number of aryl methyl sites for hydroxylation is 2. The lowest BCUT2D eigenvalue weighted by Crippen LogP contribution is -2.44. The first kappa shape index (κ1) is 17.3. The van der Waals surface area contributed by atoms with Crippen molar-refractivity contribution in [1.29, 1.82) is 0 Å². The topological polar surface area (TPSA) is 67.8 Å². The van der Waals surface area contributed by atoms with Crippen molar-refractivity contribution in [1.82, 2.24) is 5.32 Å². The van der Waals surface area contributed by atoms with Crippen molar-refractivity contribution in [3.63, 3.8) is 0 Å². The molecule has 0 aliphatic heterocycles. The number of rotatable bonds is 5. The average Bonchev–Trinajstić information content (AvgIpc) is 2.33. The lowest BCUT2D eigenvalue weighted by Gasteiger charge is -2.23. The van der Waals surface area contributed by atoms with Gasteiger partial charge < -0.3 is 19.9 Å². The van der Waals surface area contributed by atoms with Crippen LogP contribution in [0.25, 0.3) is 0 Å². The Morgan fingerprint density at radius 3 is 2.52 bits per heavy atom. The van der Waals surface area contributed by atoms with Gasteiger partial charge in [-0.2, -0.15) is 0 Å². The molecule has 1 aromatic rings. The molecule has 0 fully saturated rings. The van der Waals surface area contributed by atoms with Crippen molar-refractivity contribution < 1.29 is 19.4 Å². The lowest BCUT2D eigenvalue weighted by molar-refractivity contribution is 0.0458. The van der Waals surface area contributed by atoms with Gasteiger partial charge in [0.25, 0.3) is 0 Å². The first-order valence-electron chi connectivity index (χ1n) is 7.01. The summed E-state index contributed by atoms with van der Waals surface area (Å²) in [7, 11) is 0. The predicted molar refractivity (Wildman–Crippen MR) is 81.7 cm³/mol. The number of carbonyl (C=O) groups excluding carboxylic acids is 1. The van der Waals surface area contributed by atoms with E-state index in [0.717, 1.165) is 16.9 Å². The van der Waals surface area contributed by atoms with E-state index in [4.69, 9.17) is 9.47 Å². The first-order valence-corrected chi connectivity index (χ1v) is 7.01. The molecule has 0 aliphatic rings. The summed E-state index contributed by atoms with van der Waals surface area (Å²) < 4.78 is 10.8. The molecule has 5 nitrogen and oxygen atoms in total. The number of hydrogen-bond donors (Lipinski definition) is 2. The van der Waals surface area contributed by atoms with Crippen LogP contribution in [0.2, 0.25) is 0 Å². The fourth-order valence-corrected chi connectivity index (χ4v) is 1.77. The van der Waals surface area contributed by atoms with Gasteiger partial charge in [0.05, 0.1) is 12.6 Å². The molecule has 0 saturated heterocycles. The van der Waals surface area contributed by atoms with Crippen LogP contribution >= 0.6 is 0 Å². The molecule has 0 saturated carbocycles. The number of alkyl carbamates (subject to hydrolysis) is 1. The zero-order chi connectivity index (χ0) is 16.0. The second-order valence-electron chi connectivity index (χ2n) is 6.11. The van der Waals surface area contributed by atoms with Crippen molar-refractivity contribution in [2.45, 2.75) is 46.3 Å². The molecule has 0 aromatic heterocycles. The maximum absolute atomic E-state index is 11.7. The van der Waals surface area contributed by atoms with Crippen molar-refractivity contribution >= 4 is 6.09 Å². The summed E-state index contributed by atoms with van der Waals surface area (Å²) in [6.07, 6.45) is -0.564. The van der Waals surface area contributed by atoms with E-state index in [-0.39, 0.29) is 13.2 Å². The van der Waals surface area contributed by atoms with Crippen LogP contribution in [0, 0.1) is 13.8 Å². The summed E-state index contributed by atoms with van der Waals surface area (Å²) in [5.74, 6) is 0.741.